The third-order valence-electron chi connectivity index (χ3n) is 2.53. The number of hydrogen-bond donors (Lipinski definition) is 2. The number of rotatable bonds is 6. The van der Waals surface area contributed by atoms with E-state index in [1.165, 1.54) is 7.05 Å². The summed E-state index contributed by atoms with van der Waals surface area (Å²) in [5, 5.41) is -0.246. The first-order chi connectivity index (χ1) is 14.7. The van der Waals surface area contributed by atoms with Crippen LogP contribution in [0.2, 0.25) is 2.82 Å². The smallest absolute Gasteiger partial charge is 0.215 e. The molecule has 0 spiro atoms. The van der Waals surface area contributed by atoms with Gasteiger partial charge in [-0.3, -0.25) is 0 Å². The molecule has 0 fully saturated rings. The highest BCUT2D eigenvalue weighted by Gasteiger charge is 2.11. The van der Waals surface area contributed by atoms with Gasteiger partial charge >= 0.3 is 0 Å². The van der Waals surface area contributed by atoms with Crippen LogP contribution >= 0.6 is 0 Å². The Hall–Kier alpha value is -1.37. The van der Waals surface area contributed by atoms with Gasteiger partial charge in [-0.15, -0.1) is 0 Å². The molecular weight excluding hydrogens is 274 g/mol. The summed E-state index contributed by atoms with van der Waals surface area (Å²) < 4.78 is 124. The molecule has 0 aliphatic heterocycles. The molecule has 1 aromatic carbocycles. The van der Waals surface area contributed by atoms with Crippen LogP contribution in [0.3, 0.4) is 0 Å². The van der Waals surface area contributed by atoms with Crippen molar-refractivity contribution in [3.8, 4) is 0 Å². The maximum Gasteiger partial charge on any atom is 0.215 e. The van der Waals surface area contributed by atoms with Gasteiger partial charge < -0.3 is 9.88 Å². The number of benzene rings is 1. The van der Waals surface area contributed by atoms with Crippen LogP contribution < -0.4 is 4.72 Å². The molecule has 2 aromatic rings. The van der Waals surface area contributed by atoms with Crippen molar-refractivity contribution in [3.63, 3.8) is 0 Å². The van der Waals surface area contributed by atoms with Gasteiger partial charge in [0.1, 0.15) is 1.41 Å². The van der Waals surface area contributed by atoms with Crippen LogP contribution in [0.15, 0.2) is 24.3 Å². The number of hydrogen-bond acceptors (Lipinski definition) is 3. The Morgan fingerprint density at radius 2 is 2.50 bits per heavy atom. The van der Waals surface area contributed by atoms with Crippen molar-refractivity contribution >= 4 is 20.9 Å². The Kier molecular flexibility index (Phi) is 1.62. The number of likely N-dealkylation sites (N-methyl/N-ethyl adjacent to an activating group) is 1. The minimum Gasteiger partial charge on any atom is -0.361 e. The summed E-state index contributed by atoms with van der Waals surface area (Å²) in [7, 11) is -4.31. The number of aromatic amines is 1. The Morgan fingerprint density at radius 3 is 3.25 bits per heavy atom. The standard InChI is InChI=1S/C14H21N3O2S/c1-15-20(18,19)10-11-4-5-14-13(8-11)12(9-16-14)6-7-17(2)3/h4-5,8-9,15-16H,6-7,10H2,1-3H3/i1D3,2D3,4D,5D,8D,10D2/hD2. The largest absolute Gasteiger partial charge is 0.361 e. The minimum absolute atomic E-state index is 0.0744. The highest BCUT2D eigenvalue weighted by atomic mass is 32.2. The molecular formula is C14H21N3O2S. The van der Waals surface area contributed by atoms with Crippen molar-refractivity contribution in [1.29, 1.82) is 0 Å². The summed E-state index contributed by atoms with van der Waals surface area (Å²) in [6.45, 7) is -6.10. The topological polar surface area (TPSA) is 65.2 Å². The third kappa shape index (κ3) is 3.59. The summed E-state index contributed by atoms with van der Waals surface area (Å²) in [6, 6.07) is -2.72. The molecule has 0 bridgehead atoms. The monoisotopic (exact) mass is 308 g/mol. The Labute approximate surface area is 138 Å². The molecule has 2 rings (SSSR count). The first-order valence-corrected chi connectivity index (χ1v) is 6.99. The summed E-state index contributed by atoms with van der Waals surface area (Å²) in [4.78, 5) is 1.65. The molecule has 110 valence electrons. The highest BCUT2D eigenvalue weighted by Crippen LogP contribution is 2.21. The molecule has 0 aliphatic rings. The molecule has 0 saturated carbocycles. The number of nitrogens with zero attached hydrogens (tertiary/aromatic N) is 1. The summed E-state index contributed by atoms with van der Waals surface area (Å²) >= 11 is 0. The number of aromatic nitrogens is 1. The molecule has 0 saturated heterocycles. The fraction of sp³-hybridized carbons (Fsp3) is 0.429. The van der Waals surface area contributed by atoms with Crippen molar-refractivity contribution < 1.29 is 26.3 Å². The first-order valence-electron chi connectivity index (χ1n) is 11.9. The van der Waals surface area contributed by atoms with Crippen molar-refractivity contribution in [2.45, 2.75) is 12.1 Å². The second-order valence-electron chi connectivity index (χ2n) is 4.10. The van der Waals surface area contributed by atoms with Gasteiger partial charge in [-0.05, 0) is 50.6 Å². The lowest BCUT2D eigenvalue weighted by atomic mass is 10.1. The zero-order valence-corrected chi connectivity index (χ0v) is 11.4. The fourth-order valence-corrected chi connectivity index (χ4v) is 2.02. The van der Waals surface area contributed by atoms with E-state index in [1.807, 2.05) is 0 Å². The molecule has 20 heavy (non-hydrogen) atoms. The van der Waals surface area contributed by atoms with E-state index in [1.54, 1.807) is 0 Å². The maximum absolute atomic E-state index is 12.6. The van der Waals surface area contributed by atoms with Crippen LogP contribution in [0, 0.1) is 0 Å². The van der Waals surface area contributed by atoms with E-state index in [9.17, 15) is 8.42 Å². The fourth-order valence-electron chi connectivity index (χ4n) is 1.62. The third-order valence-corrected chi connectivity index (χ3v) is 3.23. The molecule has 2 N–H and O–H groups in total. The Balaban J connectivity index is 2.78. The van der Waals surface area contributed by atoms with Crippen molar-refractivity contribution in [2.24, 2.45) is 0 Å². The van der Waals surface area contributed by atoms with Gasteiger partial charge in [0.15, 0.2) is 1.41 Å². The lowest BCUT2D eigenvalue weighted by Crippen LogP contribution is -2.20. The van der Waals surface area contributed by atoms with Crippen LogP contribution in [0.25, 0.3) is 10.9 Å². The Bertz CT molecular complexity index is 1170. The second-order valence-corrected chi connectivity index (χ2v) is 5.43. The zero-order valence-electron chi connectivity index (χ0n) is 23.6. The van der Waals surface area contributed by atoms with Crippen molar-refractivity contribution in [1.82, 2.24) is 14.6 Å². The number of nitrogens with one attached hydrogen (secondary N) is 2. The molecule has 0 unspecified atom stereocenters. The predicted molar refractivity (Wildman–Crippen MR) is 82.2 cm³/mol. The van der Waals surface area contributed by atoms with E-state index in [2.05, 4.69) is 0 Å². The average molecular weight is 308 g/mol. The zero-order chi connectivity index (χ0) is 25.9. The van der Waals surface area contributed by atoms with Gasteiger partial charge in [-0.25, -0.2) is 13.1 Å². The van der Waals surface area contributed by atoms with Gasteiger partial charge in [0, 0.05) is 34.6 Å². The molecule has 1 aromatic heterocycles. The second kappa shape index (κ2) is 5.95. The van der Waals surface area contributed by atoms with E-state index in [0.717, 1.165) is 11.1 Å². The van der Waals surface area contributed by atoms with Gasteiger partial charge in [-0.1, -0.05) is 6.04 Å². The molecule has 1 heterocycles. The van der Waals surface area contributed by atoms with Gasteiger partial charge in [-0.2, -0.15) is 0 Å². The molecule has 0 radical (unpaired) electrons. The molecule has 6 heteroatoms. The van der Waals surface area contributed by atoms with Crippen molar-refractivity contribution in [3.05, 3.63) is 35.5 Å². The van der Waals surface area contributed by atoms with Crippen molar-refractivity contribution in [2.75, 3.05) is 27.5 Å². The number of H-pyrrole nitrogens is 1. The summed E-state index contributed by atoms with van der Waals surface area (Å²) in [5.41, 5.74) is -5.08. The van der Waals surface area contributed by atoms with Crippen LogP contribution in [-0.2, 0) is 22.1 Å². The van der Waals surface area contributed by atoms with E-state index < -0.39 is 58.1 Å². The van der Waals surface area contributed by atoms with Crippen LogP contribution in [0.5, 0.6) is 0 Å². The summed E-state index contributed by atoms with van der Waals surface area (Å²) in [6.07, 6.45) is 1.07. The van der Waals surface area contributed by atoms with E-state index in [-0.39, 0.29) is 29.4 Å². The normalized spacial score (nSPS) is 24.1. The van der Waals surface area contributed by atoms with E-state index >= 15 is 0 Å². The molecule has 0 aliphatic carbocycles. The molecule has 0 amide bonds. The van der Waals surface area contributed by atoms with E-state index in [4.69, 9.17) is 17.9 Å². The lowest BCUT2D eigenvalue weighted by molar-refractivity contribution is 0.414. The highest BCUT2D eigenvalue weighted by molar-refractivity contribution is 7.88. The van der Waals surface area contributed by atoms with Crippen LogP contribution in [0.1, 0.15) is 26.2 Å². The average Bonchev–Trinajstić information content (AvgIpc) is 2.98. The van der Waals surface area contributed by atoms with Gasteiger partial charge in [0.25, 0.3) is 0 Å². The minimum atomic E-state index is -5.62. The van der Waals surface area contributed by atoms with Crippen LogP contribution in [0.4, 0.5) is 0 Å². The Morgan fingerprint density at radius 1 is 1.65 bits per heavy atom. The van der Waals surface area contributed by atoms with Gasteiger partial charge in [0.05, 0.1) is 9.82 Å². The first kappa shape index (κ1) is 5.44. The molecule has 0 atom stereocenters. The number of fused-ring (bicyclic) bond motifs is 1. The summed E-state index contributed by atoms with van der Waals surface area (Å²) in [5.74, 6) is 0. The quantitative estimate of drug-likeness (QED) is 0.846. The van der Waals surface area contributed by atoms with Gasteiger partial charge in [0.2, 0.25) is 10.0 Å². The lowest BCUT2D eigenvalue weighted by Gasteiger charge is -2.08. The van der Waals surface area contributed by atoms with Crippen LogP contribution in [-0.4, -0.2) is 45.8 Å². The predicted octanol–water partition coefficient (Wildman–Crippen LogP) is 1.32. The number of sulfonamides is 1. The SMILES string of the molecule is [2H]c1c(C([2H])([2H])S(=O)(=O)N([2H])C([2H])([2H])[2H])c([2H])c2c(CCN(C)C([2H])([2H])[2H])cn([2H])c2c1[2H]. The molecule has 5 nitrogen and oxygen atoms in total. The van der Waals surface area contributed by atoms with E-state index in [0.29, 0.717) is 4.98 Å². The maximum atomic E-state index is 12.6.